The van der Waals surface area contributed by atoms with Gasteiger partial charge in [-0.2, -0.15) is 13.2 Å². The van der Waals surface area contributed by atoms with Crippen LogP contribution in [0.3, 0.4) is 0 Å². The van der Waals surface area contributed by atoms with E-state index in [2.05, 4.69) is 15.0 Å². The Hall–Kier alpha value is -4.41. The Balaban J connectivity index is 1.15. The number of alkyl halides is 3. The van der Waals surface area contributed by atoms with Gasteiger partial charge in [-0.05, 0) is 68.0 Å². The van der Waals surface area contributed by atoms with Gasteiger partial charge in [-0.25, -0.2) is 15.0 Å². The van der Waals surface area contributed by atoms with Crippen LogP contribution in [0.5, 0.6) is 5.75 Å². The molecule has 2 aromatic heterocycles. The van der Waals surface area contributed by atoms with E-state index >= 15 is 0 Å². The van der Waals surface area contributed by atoms with Crippen LogP contribution in [-0.2, 0) is 23.8 Å². The fourth-order valence-electron chi connectivity index (χ4n) is 5.22. The lowest BCUT2D eigenvalue weighted by Crippen LogP contribution is -2.44. The normalized spacial score (nSPS) is 17.3. The average molecular weight is 581 g/mol. The van der Waals surface area contributed by atoms with E-state index in [1.54, 1.807) is 4.90 Å². The van der Waals surface area contributed by atoms with E-state index in [9.17, 15) is 23.1 Å². The fraction of sp³-hybridized carbons (Fsp3) is 0.355. The molecule has 0 unspecified atom stereocenters. The Morgan fingerprint density at radius 1 is 1.07 bits per heavy atom. The maximum Gasteiger partial charge on any atom is 0.433 e. The molecule has 1 saturated heterocycles. The second kappa shape index (κ2) is 12.6. The third-order valence-corrected chi connectivity index (χ3v) is 7.52. The van der Waals surface area contributed by atoms with Crippen molar-refractivity contribution in [3.63, 3.8) is 0 Å². The molecular weight excluding hydrogens is 549 g/mol. The Bertz CT molecular complexity index is 1490. The summed E-state index contributed by atoms with van der Waals surface area (Å²) in [5, 5.41) is 9.77. The van der Waals surface area contributed by atoms with E-state index in [0.717, 1.165) is 34.8 Å². The number of aliphatic carboxylic acids is 1. The van der Waals surface area contributed by atoms with Gasteiger partial charge in [0.05, 0.1) is 18.2 Å². The largest absolute Gasteiger partial charge is 0.493 e. The lowest BCUT2D eigenvalue weighted by atomic mass is 9.82. The first kappa shape index (κ1) is 29.1. The summed E-state index contributed by atoms with van der Waals surface area (Å²) in [6.45, 7) is 2.86. The molecule has 0 radical (unpaired) electrons. The number of hydrogen-bond donors (Lipinski definition) is 1. The Morgan fingerprint density at radius 3 is 2.55 bits per heavy atom. The van der Waals surface area contributed by atoms with Gasteiger partial charge in [0.15, 0.2) is 0 Å². The van der Waals surface area contributed by atoms with E-state index in [0.29, 0.717) is 43.9 Å². The van der Waals surface area contributed by atoms with Crippen molar-refractivity contribution in [1.29, 1.82) is 0 Å². The van der Waals surface area contributed by atoms with Gasteiger partial charge in [-0.15, -0.1) is 0 Å². The molecule has 0 aliphatic carbocycles. The van der Waals surface area contributed by atoms with E-state index in [4.69, 9.17) is 9.15 Å². The number of hydrogen-bond acceptors (Lipinski definition) is 7. The molecule has 1 aliphatic rings. The van der Waals surface area contributed by atoms with Crippen molar-refractivity contribution >= 4 is 11.9 Å². The quantitative estimate of drug-likeness (QED) is 0.235. The number of rotatable bonds is 10. The molecule has 11 heteroatoms. The molecule has 0 spiro atoms. The lowest BCUT2D eigenvalue weighted by Gasteiger charge is -2.37. The number of carboxylic acid groups (broad SMARTS) is 1. The smallest absolute Gasteiger partial charge is 0.433 e. The second-order valence-electron chi connectivity index (χ2n) is 10.3. The maximum absolute atomic E-state index is 13.1. The van der Waals surface area contributed by atoms with Crippen molar-refractivity contribution in [2.24, 2.45) is 11.8 Å². The highest BCUT2D eigenvalue weighted by Gasteiger charge is 2.37. The van der Waals surface area contributed by atoms with Crippen molar-refractivity contribution in [1.82, 2.24) is 15.0 Å². The standard InChI is InChI=1S/C31H31F3N4O4/c1-20-26(36-28(42-20)22-5-3-2-4-6-22)15-18-41-24-11-8-21(9-12-24)7-10-23-19-38(17-14-25(23)29(39)40)30-35-16-13-27(37-30)31(32,33)34/h2-6,8-9,11-13,16,23,25H,7,10,14-15,17-19H2,1H3,(H,39,40)/t23-,25+/m1/s1. The van der Waals surface area contributed by atoms with Gasteiger partial charge in [0.1, 0.15) is 17.2 Å². The van der Waals surface area contributed by atoms with Crippen LogP contribution in [0.4, 0.5) is 19.1 Å². The zero-order valence-electron chi connectivity index (χ0n) is 23.1. The maximum atomic E-state index is 13.1. The molecule has 1 N–H and O–H groups in total. The fourth-order valence-corrected chi connectivity index (χ4v) is 5.22. The van der Waals surface area contributed by atoms with Crippen LogP contribution in [0.1, 0.15) is 35.6 Å². The molecule has 2 aromatic carbocycles. The summed E-state index contributed by atoms with van der Waals surface area (Å²) in [6.07, 6.45) is -1.41. The molecule has 1 fully saturated rings. The first-order valence-corrected chi connectivity index (χ1v) is 13.8. The Labute approximate surface area is 241 Å². The van der Waals surface area contributed by atoms with Gasteiger partial charge < -0.3 is 19.2 Å². The van der Waals surface area contributed by atoms with Crippen molar-refractivity contribution in [3.8, 4) is 17.2 Å². The van der Waals surface area contributed by atoms with Crippen molar-refractivity contribution in [2.75, 3.05) is 24.6 Å². The number of benzene rings is 2. The zero-order valence-corrected chi connectivity index (χ0v) is 23.1. The van der Waals surface area contributed by atoms with E-state index < -0.39 is 23.8 Å². The number of anilines is 1. The Morgan fingerprint density at radius 2 is 1.83 bits per heavy atom. The number of carbonyl (C=O) groups is 1. The SMILES string of the molecule is Cc1oc(-c2ccccc2)nc1CCOc1ccc(CC[C@@H]2CN(c3nccc(C(F)(F)F)n3)CC[C@@H]2C(=O)O)cc1. The Kier molecular flexibility index (Phi) is 8.75. The van der Waals surface area contributed by atoms with Crippen molar-refractivity contribution < 1.29 is 32.2 Å². The highest BCUT2D eigenvalue weighted by molar-refractivity contribution is 5.71. The van der Waals surface area contributed by atoms with Crippen LogP contribution >= 0.6 is 0 Å². The third kappa shape index (κ3) is 7.07. The van der Waals surface area contributed by atoms with Gasteiger partial charge in [0.2, 0.25) is 11.8 Å². The number of aryl methyl sites for hydroxylation is 2. The number of piperidine rings is 1. The predicted octanol–water partition coefficient (Wildman–Crippen LogP) is 6.24. The number of nitrogens with zero attached hydrogens (tertiary/aromatic N) is 4. The lowest BCUT2D eigenvalue weighted by molar-refractivity contribution is -0.144. The van der Waals surface area contributed by atoms with Gasteiger partial charge in [-0.3, -0.25) is 4.79 Å². The number of halogens is 3. The molecule has 0 amide bonds. The number of ether oxygens (including phenoxy) is 1. The predicted molar refractivity (Wildman–Crippen MR) is 149 cm³/mol. The highest BCUT2D eigenvalue weighted by atomic mass is 19.4. The van der Waals surface area contributed by atoms with Gasteiger partial charge >= 0.3 is 12.1 Å². The van der Waals surface area contributed by atoms with Crippen LogP contribution in [0.2, 0.25) is 0 Å². The van der Waals surface area contributed by atoms with E-state index in [-0.39, 0.29) is 25.0 Å². The molecule has 3 heterocycles. The summed E-state index contributed by atoms with van der Waals surface area (Å²) in [7, 11) is 0. The summed E-state index contributed by atoms with van der Waals surface area (Å²) in [5.41, 5.74) is 1.76. The van der Waals surface area contributed by atoms with Gasteiger partial charge in [-0.1, -0.05) is 30.3 Å². The first-order chi connectivity index (χ1) is 20.2. The van der Waals surface area contributed by atoms with E-state index in [1.807, 2.05) is 61.5 Å². The first-order valence-electron chi connectivity index (χ1n) is 13.8. The third-order valence-electron chi connectivity index (χ3n) is 7.52. The number of oxazole rings is 1. The topological polar surface area (TPSA) is 102 Å². The number of carboxylic acids is 1. The monoisotopic (exact) mass is 580 g/mol. The van der Waals surface area contributed by atoms with Crippen LogP contribution in [-0.4, -0.2) is 45.7 Å². The summed E-state index contributed by atoms with van der Waals surface area (Å²) in [6, 6.07) is 18.2. The molecule has 8 nitrogen and oxygen atoms in total. The molecule has 1 aliphatic heterocycles. The van der Waals surface area contributed by atoms with Crippen molar-refractivity contribution in [2.45, 2.75) is 38.8 Å². The van der Waals surface area contributed by atoms with Gasteiger partial charge in [0.25, 0.3) is 0 Å². The molecular formula is C31H31F3N4O4. The van der Waals surface area contributed by atoms with Gasteiger partial charge in [0, 0.05) is 31.3 Å². The van der Waals surface area contributed by atoms with Crippen molar-refractivity contribution in [3.05, 3.63) is 89.6 Å². The minimum absolute atomic E-state index is 0.0303. The zero-order chi connectivity index (χ0) is 29.7. The summed E-state index contributed by atoms with van der Waals surface area (Å²) in [4.78, 5) is 25.9. The summed E-state index contributed by atoms with van der Waals surface area (Å²) < 4.78 is 51.1. The molecule has 0 bridgehead atoms. The number of aromatic nitrogens is 3. The van der Waals surface area contributed by atoms with Crippen LogP contribution in [0.15, 0.2) is 71.3 Å². The molecule has 4 aromatic rings. The van der Waals surface area contributed by atoms with Crippen LogP contribution in [0, 0.1) is 18.8 Å². The highest BCUT2D eigenvalue weighted by Crippen LogP contribution is 2.32. The molecule has 220 valence electrons. The molecule has 0 saturated carbocycles. The summed E-state index contributed by atoms with van der Waals surface area (Å²) >= 11 is 0. The van der Waals surface area contributed by atoms with E-state index in [1.165, 1.54) is 0 Å². The van der Waals surface area contributed by atoms with Crippen LogP contribution < -0.4 is 9.64 Å². The molecule has 2 atom stereocenters. The van der Waals surface area contributed by atoms with Crippen LogP contribution in [0.25, 0.3) is 11.5 Å². The molecule has 42 heavy (non-hydrogen) atoms. The average Bonchev–Trinajstić information content (AvgIpc) is 3.36. The minimum atomic E-state index is -4.58. The summed E-state index contributed by atoms with van der Waals surface area (Å²) in [5.74, 6) is 0.268. The second-order valence-corrected chi connectivity index (χ2v) is 10.3. The molecule has 5 rings (SSSR count). The minimum Gasteiger partial charge on any atom is -0.493 e.